The van der Waals surface area contributed by atoms with Crippen LogP contribution in [0, 0.1) is 0 Å². The zero-order valence-electron chi connectivity index (χ0n) is 10.3. The van der Waals surface area contributed by atoms with Crippen LogP contribution in [0.3, 0.4) is 0 Å². The predicted octanol–water partition coefficient (Wildman–Crippen LogP) is 2.68. The van der Waals surface area contributed by atoms with Crippen molar-refractivity contribution in [1.82, 2.24) is 10.3 Å². The Morgan fingerprint density at radius 3 is 2.95 bits per heavy atom. The van der Waals surface area contributed by atoms with E-state index in [1.807, 2.05) is 30.3 Å². The second kappa shape index (κ2) is 6.10. The van der Waals surface area contributed by atoms with E-state index >= 15 is 0 Å². The summed E-state index contributed by atoms with van der Waals surface area (Å²) in [5.41, 5.74) is 0. The molecule has 2 rings (SSSR count). The largest absolute Gasteiger partial charge is 0.450 e. The lowest BCUT2D eigenvalue weighted by Crippen LogP contribution is -2.34. The molecule has 5 nitrogen and oxygen atoms in total. The van der Waals surface area contributed by atoms with E-state index in [1.54, 1.807) is 13.1 Å². The fraction of sp³-hybridized carbons (Fsp3) is 0.154. The quantitative estimate of drug-likeness (QED) is 0.825. The summed E-state index contributed by atoms with van der Waals surface area (Å²) in [7, 11) is 0. The van der Waals surface area contributed by atoms with Crippen LogP contribution in [0.5, 0.6) is 0 Å². The molecule has 98 valence electrons. The standard InChI is InChI=1S/C13H13N3O2S/c1-2-18-13(17)16-12(19)15-11-10-6-4-3-5-9(10)7-8-14-11/h3-8H,2H2,1H3,(H2,14,15,16,17,19). The molecule has 1 aromatic heterocycles. The number of nitrogens with one attached hydrogen (secondary N) is 2. The molecule has 1 amide bonds. The van der Waals surface area contributed by atoms with Crippen LogP contribution in [0.2, 0.25) is 0 Å². The third-order valence-electron chi connectivity index (χ3n) is 2.40. The molecule has 1 heterocycles. The first-order chi connectivity index (χ1) is 9.20. The Bertz CT molecular complexity index is 610. The third kappa shape index (κ3) is 3.38. The number of carbonyl (C=O) groups is 1. The van der Waals surface area contributed by atoms with Crippen molar-refractivity contribution >= 4 is 40.0 Å². The van der Waals surface area contributed by atoms with Crippen molar-refractivity contribution in [2.75, 3.05) is 11.9 Å². The van der Waals surface area contributed by atoms with Crippen LogP contribution >= 0.6 is 12.2 Å². The number of thiocarbonyl (C=S) groups is 1. The Morgan fingerprint density at radius 2 is 2.16 bits per heavy atom. The van der Waals surface area contributed by atoms with Crippen LogP contribution in [-0.2, 0) is 4.74 Å². The molecule has 0 aliphatic heterocycles. The average Bonchev–Trinajstić information content (AvgIpc) is 2.39. The lowest BCUT2D eigenvalue weighted by atomic mass is 10.1. The highest BCUT2D eigenvalue weighted by Gasteiger charge is 2.07. The van der Waals surface area contributed by atoms with E-state index in [4.69, 9.17) is 17.0 Å². The van der Waals surface area contributed by atoms with Gasteiger partial charge in [-0.1, -0.05) is 24.3 Å². The number of anilines is 1. The Balaban J connectivity index is 2.13. The van der Waals surface area contributed by atoms with Crippen molar-refractivity contribution in [1.29, 1.82) is 0 Å². The smallest absolute Gasteiger partial charge is 0.413 e. The maximum Gasteiger partial charge on any atom is 0.413 e. The second-order valence-corrected chi connectivity index (χ2v) is 4.09. The molecule has 0 aliphatic rings. The van der Waals surface area contributed by atoms with Gasteiger partial charge in [-0.3, -0.25) is 5.32 Å². The number of aromatic nitrogens is 1. The number of fused-ring (bicyclic) bond motifs is 1. The van der Waals surface area contributed by atoms with E-state index in [0.717, 1.165) is 10.8 Å². The van der Waals surface area contributed by atoms with Crippen LogP contribution < -0.4 is 10.6 Å². The Morgan fingerprint density at radius 1 is 1.37 bits per heavy atom. The van der Waals surface area contributed by atoms with Crippen molar-refractivity contribution in [2.24, 2.45) is 0 Å². The van der Waals surface area contributed by atoms with Crippen molar-refractivity contribution in [2.45, 2.75) is 6.92 Å². The molecule has 0 saturated carbocycles. The average molecular weight is 275 g/mol. The van der Waals surface area contributed by atoms with E-state index < -0.39 is 6.09 Å². The van der Waals surface area contributed by atoms with Crippen molar-refractivity contribution in [3.8, 4) is 0 Å². The van der Waals surface area contributed by atoms with Gasteiger partial charge >= 0.3 is 6.09 Å². The lowest BCUT2D eigenvalue weighted by Gasteiger charge is -2.10. The van der Waals surface area contributed by atoms with Crippen molar-refractivity contribution in [3.05, 3.63) is 36.5 Å². The summed E-state index contributed by atoms with van der Waals surface area (Å²) in [4.78, 5) is 15.4. The Labute approximate surface area is 116 Å². The van der Waals surface area contributed by atoms with E-state index in [0.29, 0.717) is 12.4 Å². The van der Waals surface area contributed by atoms with Crippen LogP contribution in [-0.4, -0.2) is 22.8 Å². The SMILES string of the molecule is CCOC(=O)NC(=S)Nc1nccc2ccccc12. The monoisotopic (exact) mass is 275 g/mol. The van der Waals surface area contributed by atoms with E-state index in [9.17, 15) is 4.79 Å². The molecular weight excluding hydrogens is 262 g/mol. The number of hydrogen-bond acceptors (Lipinski definition) is 4. The predicted molar refractivity (Wildman–Crippen MR) is 78.1 cm³/mol. The highest BCUT2D eigenvalue weighted by Crippen LogP contribution is 2.20. The van der Waals surface area contributed by atoms with Gasteiger partial charge in [-0.15, -0.1) is 0 Å². The fourth-order valence-corrected chi connectivity index (χ4v) is 1.80. The van der Waals surface area contributed by atoms with Gasteiger partial charge in [0, 0.05) is 11.6 Å². The van der Waals surface area contributed by atoms with Crippen molar-refractivity contribution in [3.63, 3.8) is 0 Å². The van der Waals surface area contributed by atoms with Crippen molar-refractivity contribution < 1.29 is 9.53 Å². The molecule has 0 atom stereocenters. The van der Waals surface area contributed by atoms with Gasteiger partial charge in [-0.2, -0.15) is 0 Å². The summed E-state index contributed by atoms with van der Waals surface area (Å²) in [6, 6.07) is 9.67. The first-order valence-electron chi connectivity index (χ1n) is 5.79. The van der Waals surface area contributed by atoms with Crippen LogP contribution in [0.4, 0.5) is 10.6 Å². The molecule has 19 heavy (non-hydrogen) atoms. The number of hydrogen-bond donors (Lipinski definition) is 2. The van der Waals surface area contributed by atoms with Crippen LogP contribution in [0.1, 0.15) is 6.92 Å². The number of alkyl carbamates (subject to hydrolysis) is 1. The summed E-state index contributed by atoms with van der Waals surface area (Å²) >= 11 is 5.03. The second-order valence-electron chi connectivity index (χ2n) is 3.68. The van der Waals surface area contributed by atoms with Gasteiger partial charge in [-0.25, -0.2) is 9.78 Å². The Kier molecular flexibility index (Phi) is 4.25. The highest BCUT2D eigenvalue weighted by molar-refractivity contribution is 7.80. The lowest BCUT2D eigenvalue weighted by molar-refractivity contribution is 0.158. The third-order valence-corrected chi connectivity index (χ3v) is 2.60. The van der Waals surface area contributed by atoms with Gasteiger partial charge in [0.15, 0.2) is 5.11 Å². The molecule has 0 saturated heterocycles. The number of benzene rings is 1. The zero-order valence-corrected chi connectivity index (χ0v) is 11.2. The zero-order chi connectivity index (χ0) is 13.7. The number of nitrogens with zero attached hydrogens (tertiary/aromatic N) is 1. The summed E-state index contributed by atoms with van der Waals surface area (Å²) in [6.07, 6.45) is 1.10. The van der Waals surface area contributed by atoms with Gasteiger partial charge in [-0.05, 0) is 30.6 Å². The van der Waals surface area contributed by atoms with Gasteiger partial charge < -0.3 is 10.1 Å². The maximum atomic E-state index is 11.2. The molecule has 0 unspecified atom stereocenters. The number of rotatable bonds is 2. The van der Waals surface area contributed by atoms with Crippen LogP contribution in [0.15, 0.2) is 36.5 Å². The van der Waals surface area contributed by atoms with E-state index in [-0.39, 0.29) is 5.11 Å². The number of ether oxygens (including phenoxy) is 1. The molecule has 0 radical (unpaired) electrons. The minimum Gasteiger partial charge on any atom is -0.450 e. The minimum atomic E-state index is -0.583. The van der Waals surface area contributed by atoms with Gasteiger partial charge in [0.05, 0.1) is 6.61 Å². The molecule has 6 heteroatoms. The molecule has 0 fully saturated rings. The molecule has 0 spiro atoms. The highest BCUT2D eigenvalue weighted by atomic mass is 32.1. The Hall–Kier alpha value is -2.21. The normalized spacial score (nSPS) is 9.95. The maximum absolute atomic E-state index is 11.2. The molecule has 0 aliphatic carbocycles. The molecule has 0 bridgehead atoms. The minimum absolute atomic E-state index is 0.155. The van der Waals surface area contributed by atoms with Gasteiger partial charge in [0.2, 0.25) is 0 Å². The summed E-state index contributed by atoms with van der Waals surface area (Å²) in [6.45, 7) is 2.02. The topological polar surface area (TPSA) is 63.2 Å². The first kappa shape index (κ1) is 13.2. The number of pyridine rings is 1. The molecular formula is C13H13N3O2S. The van der Waals surface area contributed by atoms with E-state index in [1.165, 1.54) is 0 Å². The molecule has 2 aromatic rings. The fourth-order valence-electron chi connectivity index (χ4n) is 1.62. The summed E-state index contributed by atoms with van der Waals surface area (Å²) in [5.74, 6) is 0.597. The number of amides is 1. The summed E-state index contributed by atoms with van der Waals surface area (Å²) < 4.78 is 4.74. The molecule has 2 N–H and O–H groups in total. The van der Waals surface area contributed by atoms with Crippen LogP contribution in [0.25, 0.3) is 10.8 Å². The number of carbonyl (C=O) groups excluding carboxylic acids is 1. The molecule has 1 aromatic carbocycles. The van der Waals surface area contributed by atoms with Gasteiger partial charge in [0.25, 0.3) is 0 Å². The summed E-state index contributed by atoms with van der Waals surface area (Å²) in [5, 5.41) is 7.42. The first-order valence-corrected chi connectivity index (χ1v) is 6.20. The van der Waals surface area contributed by atoms with E-state index in [2.05, 4.69) is 15.6 Å². The van der Waals surface area contributed by atoms with Gasteiger partial charge in [0.1, 0.15) is 5.82 Å².